The highest BCUT2D eigenvalue weighted by Crippen LogP contribution is 2.25. The smallest absolute Gasteiger partial charge is 0.162 e. The number of hydrogen-bond donors (Lipinski definition) is 2. The molecule has 2 aromatic rings. The molecule has 3 rings (SSSR count). The molecule has 24 heavy (non-hydrogen) atoms. The Labute approximate surface area is 141 Å². The van der Waals surface area contributed by atoms with Gasteiger partial charge in [-0.25, -0.2) is 8.78 Å². The number of rotatable bonds is 5. The second-order valence-corrected chi connectivity index (χ2v) is 6.10. The average Bonchev–Trinajstić information content (AvgIpc) is 2.63. The fourth-order valence-electron chi connectivity index (χ4n) is 3.19. The van der Waals surface area contributed by atoms with Gasteiger partial charge >= 0.3 is 0 Å². The van der Waals surface area contributed by atoms with E-state index in [0.29, 0.717) is 29.9 Å². The SMILES string of the molecule is COc1cc(F)c(F)cc1CN[C@@H]1CCN[C@H](c2ccccc2)C1. The van der Waals surface area contributed by atoms with Crippen molar-refractivity contribution in [3.63, 3.8) is 0 Å². The zero-order valence-corrected chi connectivity index (χ0v) is 13.7. The zero-order chi connectivity index (χ0) is 16.9. The fourth-order valence-corrected chi connectivity index (χ4v) is 3.19. The van der Waals surface area contributed by atoms with Gasteiger partial charge in [0.05, 0.1) is 7.11 Å². The van der Waals surface area contributed by atoms with Crippen LogP contribution < -0.4 is 15.4 Å². The summed E-state index contributed by atoms with van der Waals surface area (Å²) in [6.07, 6.45) is 1.95. The third kappa shape index (κ3) is 3.91. The van der Waals surface area contributed by atoms with Crippen molar-refractivity contribution in [2.75, 3.05) is 13.7 Å². The summed E-state index contributed by atoms with van der Waals surface area (Å²) < 4.78 is 31.9. The fraction of sp³-hybridized carbons (Fsp3) is 0.368. The van der Waals surface area contributed by atoms with E-state index in [2.05, 4.69) is 22.8 Å². The predicted octanol–water partition coefficient (Wildman–Crippen LogP) is 3.56. The van der Waals surface area contributed by atoms with E-state index in [9.17, 15) is 8.78 Å². The molecule has 0 unspecified atom stereocenters. The van der Waals surface area contributed by atoms with Gasteiger partial charge in [-0.15, -0.1) is 0 Å². The van der Waals surface area contributed by atoms with Crippen LogP contribution >= 0.6 is 0 Å². The van der Waals surface area contributed by atoms with Gasteiger partial charge in [0.15, 0.2) is 11.6 Å². The maximum Gasteiger partial charge on any atom is 0.162 e. The van der Waals surface area contributed by atoms with Gasteiger partial charge in [-0.2, -0.15) is 0 Å². The Balaban J connectivity index is 1.63. The van der Waals surface area contributed by atoms with Crippen molar-refractivity contribution in [2.45, 2.75) is 31.5 Å². The highest BCUT2D eigenvalue weighted by Gasteiger charge is 2.22. The molecule has 1 heterocycles. The van der Waals surface area contributed by atoms with Crippen molar-refractivity contribution in [3.8, 4) is 5.75 Å². The third-order valence-corrected chi connectivity index (χ3v) is 4.51. The third-order valence-electron chi connectivity index (χ3n) is 4.51. The molecule has 1 fully saturated rings. The van der Waals surface area contributed by atoms with Gasteiger partial charge in [-0.3, -0.25) is 0 Å². The summed E-state index contributed by atoms with van der Waals surface area (Å²) in [6.45, 7) is 1.37. The molecule has 0 spiro atoms. The number of methoxy groups -OCH3 is 1. The maximum absolute atomic E-state index is 13.5. The number of halogens is 2. The first-order valence-electron chi connectivity index (χ1n) is 8.21. The Hall–Kier alpha value is -1.98. The van der Waals surface area contributed by atoms with Gasteiger partial charge in [0.2, 0.25) is 0 Å². The number of ether oxygens (including phenoxy) is 1. The van der Waals surface area contributed by atoms with Gasteiger partial charge in [0, 0.05) is 30.3 Å². The first kappa shape index (κ1) is 16.9. The number of hydrogen-bond acceptors (Lipinski definition) is 3. The van der Waals surface area contributed by atoms with Crippen LogP contribution in [0.25, 0.3) is 0 Å². The normalized spacial score (nSPS) is 20.8. The lowest BCUT2D eigenvalue weighted by Crippen LogP contribution is -2.41. The van der Waals surface area contributed by atoms with Crippen LogP contribution in [-0.4, -0.2) is 19.7 Å². The molecule has 1 aliphatic rings. The molecular formula is C19H22F2N2O. The quantitative estimate of drug-likeness (QED) is 0.878. The van der Waals surface area contributed by atoms with Crippen molar-refractivity contribution >= 4 is 0 Å². The first-order valence-corrected chi connectivity index (χ1v) is 8.21. The Bertz CT molecular complexity index is 679. The number of benzene rings is 2. The lowest BCUT2D eigenvalue weighted by molar-refractivity contribution is 0.319. The number of piperidine rings is 1. The van der Waals surface area contributed by atoms with E-state index in [4.69, 9.17) is 4.74 Å². The lowest BCUT2D eigenvalue weighted by Gasteiger charge is -2.31. The van der Waals surface area contributed by atoms with E-state index in [1.165, 1.54) is 18.7 Å². The van der Waals surface area contributed by atoms with Gasteiger partial charge in [-0.1, -0.05) is 30.3 Å². The van der Waals surface area contributed by atoms with Gasteiger partial charge in [-0.05, 0) is 31.0 Å². The molecule has 2 aromatic carbocycles. The van der Waals surface area contributed by atoms with Crippen LogP contribution in [0, 0.1) is 11.6 Å². The topological polar surface area (TPSA) is 33.3 Å². The van der Waals surface area contributed by atoms with Crippen molar-refractivity contribution in [1.29, 1.82) is 0 Å². The van der Waals surface area contributed by atoms with E-state index in [1.54, 1.807) is 0 Å². The highest BCUT2D eigenvalue weighted by atomic mass is 19.2. The molecule has 0 radical (unpaired) electrons. The Morgan fingerprint density at radius 3 is 2.67 bits per heavy atom. The van der Waals surface area contributed by atoms with Gasteiger partial charge < -0.3 is 15.4 Å². The van der Waals surface area contributed by atoms with Crippen LogP contribution in [0.3, 0.4) is 0 Å². The largest absolute Gasteiger partial charge is 0.496 e. The minimum absolute atomic E-state index is 0.310. The molecule has 2 N–H and O–H groups in total. The standard InChI is InChI=1S/C19H22F2N2O/c1-24-19-11-17(21)16(20)9-14(19)12-23-15-7-8-22-18(10-15)13-5-3-2-4-6-13/h2-6,9,11,15,18,22-23H,7-8,10,12H2,1H3/t15-,18+/m1/s1. The van der Waals surface area contributed by atoms with Crippen molar-refractivity contribution in [2.24, 2.45) is 0 Å². The average molecular weight is 332 g/mol. The molecule has 0 saturated carbocycles. The molecule has 5 heteroatoms. The van der Waals surface area contributed by atoms with Crippen LogP contribution in [0.5, 0.6) is 5.75 Å². The summed E-state index contributed by atoms with van der Waals surface area (Å²) in [5.74, 6) is -1.36. The number of nitrogens with one attached hydrogen (secondary N) is 2. The minimum Gasteiger partial charge on any atom is -0.496 e. The van der Waals surface area contributed by atoms with Crippen LogP contribution in [0.1, 0.15) is 30.0 Å². The van der Waals surface area contributed by atoms with E-state index < -0.39 is 11.6 Å². The van der Waals surface area contributed by atoms with Crippen LogP contribution in [0.15, 0.2) is 42.5 Å². The Morgan fingerprint density at radius 1 is 1.17 bits per heavy atom. The van der Waals surface area contributed by atoms with E-state index in [0.717, 1.165) is 25.5 Å². The van der Waals surface area contributed by atoms with Gasteiger partial charge in [0.1, 0.15) is 5.75 Å². The molecule has 128 valence electrons. The van der Waals surface area contributed by atoms with Crippen molar-refractivity contribution < 1.29 is 13.5 Å². The molecule has 0 bridgehead atoms. The second-order valence-electron chi connectivity index (χ2n) is 6.10. The van der Waals surface area contributed by atoms with E-state index in [-0.39, 0.29) is 0 Å². The highest BCUT2D eigenvalue weighted by molar-refractivity contribution is 5.34. The van der Waals surface area contributed by atoms with Crippen molar-refractivity contribution in [1.82, 2.24) is 10.6 Å². The molecule has 1 aliphatic heterocycles. The molecular weight excluding hydrogens is 310 g/mol. The molecule has 2 atom stereocenters. The van der Waals surface area contributed by atoms with E-state index in [1.807, 2.05) is 18.2 Å². The summed E-state index contributed by atoms with van der Waals surface area (Å²) in [5, 5.41) is 6.98. The lowest BCUT2D eigenvalue weighted by atomic mass is 9.93. The van der Waals surface area contributed by atoms with Gasteiger partial charge in [0.25, 0.3) is 0 Å². The first-order chi connectivity index (χ1) is 11.7. The minimum atomic E-state index is -0.887. The van der Waals surface area contributed by atoms with Crippen LogP contribution in [-0.2, 0) is 6.54 Å². The second kappa shape index (κ2) is 7.73. The zero-order valence-electron chi connectivity index (χ0n) is 13.7. The Kier molecular flexibility index (Phi) is 5.43. The summed E-state index contributed by atoms with van der Waals surface area (Å²) in [5.41, 5.74) is 1.90. The summed E-state index contributed by atoms with van der Waals surface area (Å²) in [6, 6.07) is 13.3. The Morgan fingerprint density at radius 2 is 1.92 bits per heavy atom. The van der Waals surface area contributed by atoms with Crippen LogP contribution in [0.2, 0.25) is 0 Å². The van der Waals surface area contributed by atoms with Crippen molar-refractivity contribution in [3.05, 3.63) is 65.2 Å². The molecule has 0 aliphatic carbocycles. The maximum atomic E-state index is 13.5. The van der Waals surface area contributed by atoms with E-state index >= 15 is 0 Å². The summed E-state index contributed by atoms with van der Waals surface area (Å²) in [4.78, 5) is 0. The molecule has 0 aromatic heterocycles. The van der Waals surface area contributed by atoms with Crippen LogP contribution in [0.4, 0.5) is 8.78 Å². The predicted molar refractivity (Wildman–Crippen MR) is 90.0 cm³/mol. The molecule has 1 saturated heterocycles. The summed E-state index contributed by atoms with van der Waals surface area (Å²) in [7, 11) is 1.46. The molecule has 0 amide bonds. The molecule has 3 nitrogen and oxygen atoms in total. The monoisotopic (exact) mass is 332 g/mol. The summed E-state index contributed by atoms with van der Waals surface area (Å²) >= 11 is 0.